The highest BCUT2D eigenvalue weighted by Gasteiger charge is 2.31. The van der Waals surface area contributed by atoms with Crippen molar-refractivity contribution in [1.29, 1.82) is 0 Å². The first kappa shape index (κ1) is 105. The first-order valence-corrected chi connectivity index (χ1v) is 51.4. The average Bonchev–Trinajstić information content (AvgIpc) is 1.67. The SMILES string of the molecule is CC(C)(C)OC(=O)[C@H](CCC(=O)OCCSSc1ccccn1)CC(=O)c1ccc(CCCc2cc3c(=O)[nH]c(N)nc3[nH]2)s1.C[C@@H](CCC(=O)OCCSSc1ccccn1)C(=O)OC(C)(C)C.Nc1nc2[nH]c(CCCc3ccc(C(=O)C[C@@H](CCC(=O)OCCSSc4ccccn4)C(=O)O)s3)cc2c(=O)[nH]1.Nc1nc2[nH]c(CCCc3ccc(C(=O)O)s3)cc2c(=O)[nH]1. The lowest BCUT2D eigenvalue weighted by Gasteiger charge is -2.23. The summed E-state index contributed by atoms with van der Waals surface area (Å²) in [6.07, 6.45) is 12.5. The lowest BCUT2D eigenvalue weighted by Crippen LogP contribution is -2.30. The normalized spacial score (nSPS) is 12.0. The number of carbonyl (C=O) groups excluding carboxylic acids is 7. The third-order valence-electron chi connectivity index (χ3n) is 18.6. The van der Waals surface area contributed by atoms with Gasteiger partial charge in [-0.1, -0.05) is 57.5 Å². The zero-order chi connectivity index (χ0) is 95.3. The summed E-state index contributed by atoms with van der Waals surface area (Å²) in [5.41, 5.74) is 18.7. The molecule has 34 nitrogen and oxygen atoms in total. The van der Waals surface area contributed by atoms with E-state index in [1.54, 1.807) is 104 Å². The van der Waals surface area contributed by atoms with E-state index < -0.39 is 52.9 Å². The molecule has 0 fully saturated rings. The number of pyridine rings is 3. The van der Waals surface area contributed by atoms with Gasteiger partial charge in [-0.25, -0.2) is 19.7 Å². The van der Waals surface area contributed by atoms with Gasteiger partial charge in [0, 0.05) is 99.7 Å². The lowest BCUT2D eigenvalue weighted by molar-refractivity contribution is -0.161. The summed E-state index contributed by atoms with van der Waals surface area (Å²) in [6, 6.07) is 33.1. The van der Waals surface area contributed by atoms with Crippen molar-refractivity contribution in [2.24, 2.45) is 17.8 Å². The lowest BCUT2D eigenvalue weighted by atomic mass is 9.96. The van der Waals surface area contributed by atoms with E-state index in [1.807, 2.05) is 93.6 Å². The van der Waals surface area contributed by atoms with Crippen molar-refractivity contribution in [3.8, 4) is 0 Å². The number of Topliss-reactive ketones (excluding diaryl/α,β-unsaturated/α-hetero) is 2. The molecule has 12 aromatic heterocycles. The number of ether oxygens (including phenoxy) is 5. The van der Waals surface area contributed by atoms with Crippen LogP contribution in [0.5, 0.6) is 0 Å². The molecule has 12 aromatic rings. The maximum atomic E-state index is 13.2. The standard InChI is InChI=1S/C31H37N5O6S3.C27H29N5O6S3.C17H25NO4S2.C14H14N4O3S/c1-31(2,3)42-29(40)19(10-13-26(38)41-15-16-43-45-25-9-4-5-14-33-25)17-23(37)24-12-11-21(44-24)8-6-7-20-18-22-27(34-20)35-30(32)36-28(22)39;28-27-31-24-19(25(35)32-27)15-17(30-24)4-3-5-18-8-9-21(40-18)20(33)14-16(26(36)37)7-10-23(34)38-12-13-39-41-22-6-1-2-11-29-22;1-13(16(20)22-17(2,3)4)8-9-15(19)21-11-12-23-24-14-7-5-6-10-18-14;15-14-17-11-9(12(19)18-14)6-7(16-11)2-1-3-8-4-5-10(22-8)13(20)21/h4-5,9,11-12,14,18-19H,6-8,10,13,15-17H2,1-3H3,(H4,32,34,35,36,39);1-2,6,8-9,11,15-16H,3-5,7,10,12-14H2,(H,36,37)(H4,28,30,31,32,35);5-7,10,13H,8-9,11-12H2,1-4H3;4-6H,1-3H2,(H,20,21)(H4,15,16,17,18,19)/t19-;16-;13-;/m110./s1. The molecule has 0 unspecified atom stereocenters. The van der Waals surface area contributed by atoms with Gasteiger partial charge < -0.3 is 66.1 Å². The minimum absolute atomic E-state index is 0.00661. The topological polar surface area (TPSA) is 542 Å². The Balaban J connectivity index is 0.000000207. The van der Waals surface area contributed by atoms with Gasteiger partial charge in [0.2, 0.25) is 17.8 Å². The molecule has 0 saturated carbocycles. The number of aromatic amines is 6. The molecular formula is C89H105N15O19S9. The van der Waals surface area contributed by atoms with Gasteiger partial charge in [-0.2, -0.15) is 15.0 Å². The number of hydrogen-bond donors (Lipinski definition) is 11. The molecule has 0 aliphatic carbocycles. The Morgan fingerprint density at radius 1 is 0.424 bits per heavy atom. The molecule has 704 valence electrons. The van der Waals surface area contributed by atoms with Gasteiger partial charge in [-0.15, -0.1) is 34.0 Å². The van der Waals surface area contributed by atoms with Crippen molar-refractivity contribution >= 4 is 203 Å². The predicted molar refractivity (Wildman–Crippen MR) is 521 cm³/mol. The number of fused-ring (bicyclic) bond motifs is 3. The van der Waals surface area contributed by atoms with E-state index >= 15 is 0 Å². The van der Waals surface area contributed by atoms with Crippen molar-refractivity contribution in [2.45, 2.75) is 184 Å². The van der Waals surface area contributed by atoms with Gasteiger partial charge in [-0.05, 0) is 242 Å². The average molecular weight is 1980 g/mol. The highest BCUT2D eigenvalue weighted by atomic mass is 33.1. The molecular weight excluding hydrogens is 1870 g/mol. The molecule has 0 aliphatic heterocycles. The molecule has 0 aromatic carbocycles. The molecule has 0 radical (unpaired) electrons. The van der Waals surface area contributed by atoms with Crippen molar-refractivity contribution in [3.05, 3.63) is 205 Å². The largest absolute Gasteiger partial charge is 0.481 e. The number of aromatic nitrogens is 12. The Labute approximate surface area is 795 Å². The highest BCUT2D eigenvalue weighted by molar-refractivity contribution is 8.77. The Morgan fingerprint density at radius 2 is 0.758 bits per heavy atom. The van der Waals surface area contributed by atoms with E-state index in [1.165, 1.54) is 77.2 Å². The van der Waals surface area contributed by atoms with E-state index in [9.17, 15) is 62.6 Å². The highest BCUT2D eigenvalue weighted by Crippen LogP contribution is 2.33. The fraction of sp³-hybridized carbons (Fsp3) is 0.393. The molecule has 0 saturated heterocycles. The first-order valence-electron chi connectivity index (χ1n) is 42.0. The molecule has 12 rings (SSSR count). The van der Waals surface area contributed by atoms with Gasteiger partial charge >= 0.3 is 41.8 Å². The van der Waals surface area contributed by atoms with Gasteiger partial charge in [0.05, 0.1) is 43.7 Å². The monoisotopic (exact) mass is 1980 g/mol. The van der Waals surface area contributed by atoms with E-state index in [2.05, 4.69) is 59.8 Å². The number of carbonyl (C=O) groups is 9. The number of anilines is 3. The van der Waals surface area contributed by atoms with Crippen LogP contribution in [0.25, 0.3) is 33.1 Å². The minimum Gasteiger partial charge on any atom is -0.481 e. The van der Waals surface area contributed by atoms with Crippen LogP contribution in [0, 0.1) is 17.8 Å². The number of rotatable bonds is 46. The number of carboxylic acid groups (broad SMARTS) is 2. The van der Waals surface area contributed by atoms with Crippen LogP contribution in [0.3, 0.4) is 0 Å². The number of nitrogen functional groups attached to an aromatic ring is 3. The molecule has 0 aliphatic rings. The van der Waals surface area contributed by atoms with E-state index in [0.29, 0.717) is 97.3 Å². The third kappa shape index (κ3) is 37.2. The number of carboxylic acids is 2. The summed E-state index contributed by atoms with van der Waals surface area (Å²) in [5.74, 6) is -4.40. The van der Waals surface area contributed by atoms with Gasteiger partial charge in [0.15, 0.2) is 11.6 Å². The summed E-state index contributed by atoms with van der Waals surface area (Å²) in [7, 11) is 9.18. The number of nitrogens with one attached hydrogen (secondary N) is 6. The zero-order valence-electron chi connectivity index (χ0n) is 73.5. The third-order valence-corrected chi connectivity index (χ3v) is 28.8. The van der Waals surface area contributed by atoms with E-state index in [-0.39, 0.29) is 122 Å². The second-order valence-electron chi connectivity index (χ2n) is 31.6. The summed E-state index contributed by atoms with van der Waals surface area (Å²) in [5, 5.41) is 22.6. The Kier molecular flexibility index (Phi) is 42.0. The van der Waals surface area contributed by atoms with Crippen LogP contribution >= 0.6 is 98.8 Å². The van der Waals surface area contributed by atoms with Crippen LogP contribution in [-0.2, 0) is 91.0 Å². The maximum Gasteiger partial charge on any atom is 0.345 e. The fourth-order valence-corrected chi connectivity index (χ4v) is 20.4. The van der Waals surface area contributed by atoms with Crippen molar-refractivity contribution in [3.63, 3.8) is 0 Å². The predicted octanol–water partition coefficient (Wildman–Crippen LogP) is 16.2. The van der Waals surface area contributed by atoms with E-state index in [0.717, 1.165) is 85.3 Å². The summed E-state index contributed by atoms with van der Waals surface area (Å²) in [6.45, 7) is 13.3. The summed E-state index contributed by atoms with van der Waals surface area (Å²) < 4.78 is 26.6. The van der Waals surface area contributed by atoms with Crippen LogP contribution in [-0.4, -0.2) is 172 Å². The number of nitrogens with two attached hydrogens (primary N) is 3. The summed E-state index contributed by atoms with van der Waals surface area (Å²) >= 11 is 4.03. The Hall–Kier alpha value is -11.1. The Bertz CT molecular complexity index is 6000. The van der Waals surface area contributed by atoms with Crippen LogP contribution < -0.4 is 33.9 Å². The van der Waals surface area contributed by atoms with Crippen LogP contribution in [0.15, 0.2) is 157 Å². The number of thiophene rings is 3. The zero-order valence-corrected chi connectivity index (χ0v) is 80.9. The molecule has 0 amide bonds. The second-order valence-corrected chi connectivity index (χ2v) is 42.5. The Morgan fingerprint density at radius 3 is 1.09 bits per heavy atom. The number of aliphatic carboxylic acids is 1. The molecule has 12 heterocycles. The van der Waals surface area contributed by atoms with Gasteiger partial charge in [0.1, 0.15) is 67.9 Å². The maximum absolute atomic E-state index is 13.2. The number of aromatic carboxylic acids is 1. The second kappa shape index (κ2) is 53.0. The van der Waals surface area contributed by atoms with E-state index in [4.69, 9.17) is 46.0 Å². The van der Waals surface area contributed by atoms with Crippen LogP contribution in [0.4, 0.5) is 17.8 Å². The van der Waals surface area contributed by atoms with Crippen molar-refractivity contribution in [1.82, 2.24) is 59.8 Å². The summed E-state index contributed by atoms with van der Waals surface area (Å²) in [4.78, 5) is 191. The molecule has 132 heavy (non-hydrogen) atoms. The molecule has 43 heteroatoms. The van der Waals surface area contributed by atoms with Crippen molar-refractivity contribution in [2.75, 3.05) is 54.3 Å². The number of ketones is 2. The fourth-order valence-electron chi connectivity index (χ4n) is 12.4. The number of hydrogen-bond acceptors (Lipinski definition) is 35. The number of H-pyrrole nitrogens is 6. The van der Waals surface area contributed by atoms with Crippen LogP contribution in [0.1, 0.15) is 180 Å². The van der Waals surface area contributed by atoms with Crippen LogP contribution in [0.2, 0.25) is 0 Å². The quantitative estimate of drug-likeness (QED) is 0.00555. The number of nitrogens with zero attached hydrogens (tertiary/aromatic N) is 6. The van der Waals surface area contributed by atoms with Gasteiger partial charge in [0.25, 0.3) is 16.7 Å². The first-order chi connectivity index (χ1) is 63.0. The molecule has 0 spiro atoms. The van der Waals surface area contributed by atoms with Crippen molar-refractivity contribution < 1.29 is 77.0 Å². The number of esters is 5. The molecule has 0 bridgehead atoms. The number of aryl methyl sites for hydroxylation is 6. The van der Waals surface area contributed by atoms with Gasteiger partial charge in [-0.3, -0.25) is 67.7 Å². The smallest absolute Gasteiger partial charge is 0.345 e. The molecule has 14 N–H and O–H groups in total. The molecule has 3 atom stereocenters. The minimum atomic E-state index is -1.11.